The van der Waals surface area contributed by atoms with Gasteiger partial charge in [0, 0.05) is 18.0 Å². The van der Waals surface area contributed by atoms with E-state index in [4.69, 9.17) is 9.72 Å². The number of amides is 1. The Kier molecular flexibility index (Phi) is 6.67. The summed E-state index contributed by atoms with van der Waals surface area (Å²) in [6.45, 7) is 5.55. The fraction of sp³-hybridized carbons (Fsp3) is 0.240. The molecule has 2 aromatic carbocycles. The summed E-state index contributed by atoms with van der Waals surface area (Å²) in [5.74, 6) is 0.364. The predicted octanol–water partition coefficient (Wildman–Crippen LogP) is 5.04. The van der Waals surface area contributed by atoms with E-state index < -0.39 is 15.1 Å². The molecule has 9 heteroatoms. The van der Waals surface area contributed by atoms with Crippen molar-refractivity contribution >= 4 is 42.4 Å². The van der Waals surface area contributed by atoms with Crippen LogP contribution in [-0.4, -0.2) is 36.7 Å². The Morgan fingerprint density at radius 2 is 1.74 bits per heavy atom. The van der Waals surface area contributed by atoms with Crippen molar-refractivity contribution in [3.05, 3.63) is 77.6 Å². The first-order chi connectivity index (χ1) is 16.2. The number of nitrogens with zero attached hydrogens (tertiary/aromatic N) is 3. The predicted molar refractivity (Wildman–Crippen MR) is 134 cm³/mol. The highest BCUT2D eigenvalue weighted by molar-refractivity contribution is 7.92. The first kappa shape index (κ1) is 23.8. The lowest BCUT2D eigenvalue weighted by Gasteiger charge is -2.20. The van der Waals surface area contributed by atoms with Crippen LogP contribution in [0.2, 0.25) is 0 Å². The Hall–Kier alpha value is -3.30. The molecule has 0 fully saturated rings. The number of thiazole rings is 1. The number of methoxy groups -OCH3 is 1. The van der Waals surface area contributed by atoms with Crippen LogP contribution < -0.4 is 9.64 Å². The molecule has 0 N–H and O–H groups in total. The largest absolute Gasteiger partial charge is 0.494 e. The lowest BCUT2D eigenvalue weighted by atomic mass is 10.2. The van der Waals surface area contributed by atoms with Gasteiger partial charge in [-0.15, -0.1) is 0 Å². The van der Waals surface area contributed by atoms with Gasteiger partial charge >= 0.3 is 0 Å². The monoisotopic (exact) mass is 495 g/mol. The molecule has 4 rings (SSSR count). The highest BCUT2D eigenvalue weighted by Crippen LogP contribution is 2.37. The van der Waals surface area contributed by atoms with E-state index in [1.165, 1.54) is 23.5 Å². The first-order valence-corrected chi connectivity index (χ1v) is 13.1. The molecule has 0 aliphatic carbocycles. The van der Waals surface area contributed by atoms with Gasteiger partial charge in [0.05, 0.1) is 28.5 Å². The second kappa shape index (κ2) is 9.52. The van der Waals surface area contributed by atoms with Gasteiger partial charge in [-0.25, -0.2) is 13.4 Å². The summed E-state index contributed by atoms with van der Waals surface area (Å²) in [5.41, 5.74) is 3.01. The van der Waals surface area contributed by atoms with Crippen LogP contribution in [0.5, 0.6) is 5.75 Å². The molecule has 0 spiro atoms. The normalized spacial score (nSPS) is 11.7. The molecule has 176 valence electrons. The standard InChI is InChI=1S/C25H25N3O4S2/c1-16(2)34(30,31)20-8-6-19(7-9-20)24(29)28(15-18-11-13-26-14-12-18)25-27-22-21(32-4)10-5-17(3)23(22)33-25/h5-14,16H,15H2,1-4H3. The molecule has 7 nitrogen and oxygen atoms in total. The summed E-state index contributed by atoms with van der Waals surface area (Å²) in [6.07, 6.45) is 3.35. The Morgan fingerprint density at radius 1 is 1.06 bits per heavy atom. The smallest absolute Gasteiger partial charge is 0.260 e. The molecule has 4 aromatic rings. The second-order valence-electron chi connectivity index (χ2n) is 8.12. The highest BCUT2D eigenvalue weighted by atomic mass is 32.2. The highest BCUT2D eigenvalue weighted by Gasteiger charge is 2.25. The molecule has 2 aromatic heterocycles. The fourth-order valence-corrected chi connectivity index (χ4v) is 5.60. The van der Waals surface area contributed by atoms with Crippen LogP contribution >= 0.6 is 11.3 Å². The van der Waals surface area contributed by atoms with Gasteiger partial charge in [-0.05, 0) is 74.4 Å². The van der Waals surface area contributed by atoms with E-state index >= 15 is 0 Å². The van der Waals surface area contributed by atoms with Gasteiger partial charge in [0.1, 0.15) is 11.3 Å². The minimum atomic E-state index is -3.43. The number of benzene rings is 2. The quantitative estimate of drug-likeness (QED) is 0.357. The van der Waals surface area contributed by atoms with Gasteiger partial charge in [0.2, 0.25) is 0 Å². The number of hydrogen-bond donors (Lipinski definition) is 0. The molecule has 0 saturated carbocycles. The molecular weight excluding hydrogens is 470 g/mol. The number of carbonyl (C=O) groups is 1. The maximum absolute atomic E-state index is 13.7. The van der Waals surface area contributed by atoms with Crippen LogP contribution in [0.1, 0.15) is 35.3 Å². The minimum absolute atomic E-state index is 0.195. The summed E-state index contributed by atoms with van der Waals surface area (Å²) in [6, 6.07) is 13.6. The van der Waals surface area contributed by atoms with Crippen molar-refractivity contribution in [3.8, 4) is 5.75 Å². The molecule has 0 radical (unpaired) electrons. The van der Waals surface area contributed by atoms with E-state index in [0.29, 0.717) is 22.0 Å². The Bertz CT molecular complexity index is 1430. The number of aryl methyl sites for hydroxylation is 1. The van der Waals surface area contributed by atoms with Crippen LogP contribution in [0.25, 0.3) is 10.2 Å². The number of aromatic nitrogens is 2. The number of anilines is 1. The van der Waals surface area contributed by atoms with Gasteiger partial charge in [0.25, 0.3) is 5.91 Å². The average molecular weight is 496 g/mol. The number of rotatable bonds is 7. The molecule has 0 aliphatic rings. The Morgan fingerprint density at radius 3 is 2.35 bits per heavy atom. The van der Waals surface area contributed by atoms with Crippen LogP contribution in [0.15, 0.2) is 65.8 Å². The average Bonchev–Trinajstić information content (AvgIpc) is 3.29. The maximum Gasteiger partial charge on any atom is 0.260 e. The third-order valence-corrected chi connectivity index (χ3v) is 8.91. The molecular formula is C25H25N3O4S2. The minimum Gasteiger partial charge on any atom is -0.494 e. The van der Waals surface area contributed by atoms with E-state index in [0.717, 1.165) is 15.8 Å². The summed E-state index contributed by atoms with van der Waals surface area (Å²) < 4.78 is 31.4. The third kappa shape index (κ3) is 4.53. The zero-order valence-corrected chi connectivity index (χ0v) is 21.0. The van der Waals surface area contributed by atoms with Gasteiger partial charge in [-0.3, -0.25) is 14.7 Å². The number of ether oxygens (including phenoxy) is 1. The lowest BCUT2D eigenvalue weighted by molar-refractivity contribution is 0.0985. The van der Waals surface area contributed by atoms with Gasteiger partial charge in [-0.2, -0.15) is 0 Å². The van der Waals surface area contributed by atoms with E-state index in [9.17, 15) is 13.2 Å². The van der Waals surface area contributed by atoms with E-state index in [2.05, 4.69) is 4.98 Å². The van der Waals surface area contributed by atoms with Crippen molar-refractivity contribution in [2.75, 3.05) is 12.0 Å². The molecule has 1 amide bonds. The molecule has 0 aliphatic heterocycles. The number of fused-ring (bicyclic) bond motifs is 1. The van der Waals surface area contributed by atoms with Crippen molar-refractivity contribution in [2.45, 2.75) is 37.5 Å². The van der Waals surface area contributed by atoms with E-state index in [-0.39, 0.29) is 17.3 Å². The number of carbonyl (C=O) groups excluding carboxylic acids is 1. The van der Waals surface area contributed by atoms with Crippen molar-refractivity contribution in [2.24, 2.45) is 0 Å². The molecule has 0 bridgehead atoms. The Labute approximate surface area is 203 Å². The molecule has 0 saturated heterocycles. The van der Waals surface area contributed by atoms with Gasteiger partial charge in [0.15, 0.2) is 15.0 Å². The van der Waals surface area contributed by atoms with E-state index in [1.54, 1.807) is 50.4 Å². The third-order valence-electron chi connectivity index (χ3n) is 5.53. The number of hydrogen-bond acceptors (Lipinski definition) is 7. The fourth-order valence-electron chi connectivity index (χ4n) is 3.49. The van der Waals surface area contributed by atoms with Crippen LogP contribution in [0.3, 0.4) is 0 Å². The van der Waals surface area contributed by atoms with E-state index in [1.807, 2.05) is 31.2 Å². The van der Waals surface area contributed by atoms with Crippen LogP contribution in [0.4, 0.5) is 5.13 Å². The van der Waals surface area contributed by atoms with Crippen molar-refractivity contribution < 1.29 is 17.9 Å². The van der Waals surface area contributed by atoms with Crippen LogP contribution in [-0.2, 0) is 16.4 Å². The zero-order valence-electron chi connectivity index (χ0n) is 19.3. The SMILES string of the molecule is COc1ccc(C)c2sc(N(Cc3ccncc3)C(=O)c3ccc(S(=O)(=O)C(C)C)cc3)nc12. The summed E-state index contributed by atoms with van der Waals surface area (Å²) in [5, 5.41) is -0.0125. The summed E-state index contributed by atoms with van der Waals surface area (Å²) in [4.78, 5) is 24.3. The van der Waals surface area contributed by atoms with Crippen molar-refractivity contribution in [1.82, 2.24) is 9.97 Å². The summed E-state index contributed by atoms with van der Waals surface area (Å²) in [7, 11) is -1.83. The topological polar surface area (TPSA) is 89.5 Å². The second-order valence-corrected chi connectivity index (χ2v) is 11.6. The van der Waals surface area contributed by atoms with Crippen LogP contribution in [0, 0.1) is 6.92 Å². The van der Waals surface area contributed by atoms with Crippen molar-refractivity contribution in [3.63, 3.8) is 0 Å². The number of sulfone groups is 1. The van der Waals surface area contributed by atoms with Gasteiger partial charge < -0.3 is 4.74 Å². The number of pyridine rings is 1. The Balaban J connectivity index is 1.77. The lowest BCUT2D eigenvalue weighted by Crippen LogP contribution is -2.30. The van der Waals surface area contributed by atoms with Crippen molar-refractivity contribution in [1.29, 1.82) is 0 Å². The summed E-state index contributed by atoms with van der Waals surface area (Å²) >= 11 is 1.42. The molecule has 0 atom stereocenters. The maximum atomic E-state index is 13.7. The first-order valence-electron chi connectivity index (χ1n) is 10.7. The molecule has 2 heterocycles. The van der Waals surface area contributed by atoms with Gasteiger partial charge in [-0.1, -0.05) is 17.4 Å². The molecule has 34 heavy (non-hydrogen) atoms. The molecule has 0 unspecified atom stereocenters. The zero-order chi connectivity index (χ0) is 24.5.